The van der Waals surface area contributed by atoms with Crippen molar-refractivity contribution in [3.63, 3.8) is 0 Å². The molecule has 94 valence electrons. The van der Waals surface area contributed by atoms with Gasteiger partial charge in [-0.1, -0.05) is 23.2 Å². The van der Waals surface area contributed by atoms with Crippen LogP contribution in [0.5, 0.6) is 0 Å². The average molecular weight is 277 g/mol. The van der Waals surface area contributed by atoms with Gasteiger partial charge in [0.25, 0.3) is 0 Å². The monoisotopic (exact) mass is 276 g/mol. The lowest BCUT2D eigenvalue weighted by Gasteiger charge is -2.27. The minimum absolute atomic E-state index is 0.00748. The van der Waals surface area contributed by atoms with Crippen molar-refractivity contribution in [2.24, 2.45) is 5.73 Å². The molecule has 1 aromatic rings. The van der Waals surface area contributed by atoms with Crippen LogP contribution in [0.3, 0.4) is 0 Å². The Morgan fingerprint density at radius 3 is 2.53 bits per heavy atom. The van der Waals surface area contributed by atoms with Gasteiger partial charge in [-0.2, -0.15) is 0 Å². The number of nitrogen functional groups attached to an aromatic ring is 1. The van der Waals surface area contributed by atoms with Crippen LogP contribution in [0, 0.1) is 0 Å². The first-order valence-corrected chi connectivity index (χ1v) is 5.75. The Bertz CT molecular complexity index is 437. The lowest BCUT2D eigenvalue weighted by Crippen LogP contribution is -2.39. The molecule has 1 heterocycles. The number of anilines is 2. The second kappa shape index (κ2) is 5.42. The van der Waals surface area contributed by atoms with E-state index in [4.69, 9.17) is 34.7 Å². The number of hydrogen-bond acceptors (Lipinski definition) is 4. The summed E-state index contributed by atoms with van der Waals surface area (Å²) in [7, 11) is 0. The molecule has 1 amide bonds. The van der Waals surface area contributed by atoms with Gasteiger partial charge in [-0.25, -0.2) is 4.98 Å². The fourth-order valence-corrected chi connectivity index (χ4v) is 1.81. The van der Waals surface area contributed by atoms with Crippen LogP contribution in [0.2, 0.25) is 10.0 Å². The number of amides is 1. The Kier molecular flexibility index (Phi) is 4.42. The normalized spacial score (nSPS) is 10.6. The molecular weight excluding hydrogens is 263 g/mol. The SMILES string of the molecule is CC(C)N(CC(N)=O)c1nc(N)c(Cl)cc1Cl. The molecule has 1 aromatic heterocycles. The number of primary amides is 1. The third-order valence-corrected chi connectivity index (χ3v) is 2.74. The minimum Gasteiger partial charge on any atom is -0.382 e. The molecule has 0 bridgehead atoms. The van der Waals surface area contributed by atoms with Crippen LogP contribution in [-0.2, 0) is 4.79 Å². The van der Waals surface area contributed by atoms with Gasteiger partial charge in [0.2, 0.25) is 5.91 Å². The number of hydrogen-bond donors (Lipinski definition) is 2. The first-order valence-electron chi connectivity index (χ1n) is 4.99. The van der Waals surface area contributed by atoms with Crippen molar-refractivity contribution in [2.75, 3.05) is 17.2 Å². The molecule has 5 nitrogen and oxygen atoms in total. The first kappa shape index (κ1) is 13.9. The minimum atomic E-state index is -0.468. The van der Waals surface area contributed by atoms with E-state index in [0.29, 0.717) is 10.8 Å². The Balaban J connectivity index is 3.18. The fourth-order valence-electron chi connectivity index (χ4n) is 1.34. The Labute approximate surface area is 110 Å². The zero-order valence-electron chi connectivity index (χ0n) is 9.58. The molecule has 0 radical (unpaired) electrons. The summed E-state index contributed by atoms with van der Waals surface area (Å²) in [6, 6.07) is 1.50. The summed E-state index contributed by atoms with van der Waals surface area (Å²) < 4.78 is 0. The van der Waals surface area contributed by atoms with Gasteiger partial charge in [0.05, 0.1) is 16.6 Å². The van der Waals surface area contributed by atoms with E-state index in [9.17, 15) is 4.79 Å². The molecule has 0 aromatic carbocycles. The highest BCUT2D eigenvalue weighted by molar-refractivity contribution is 6.37. The van der Waals surface area contributed by atoms with Gasteiger partial charge < -0.3 is 16.4 Å². The summed E-state index contributed by atoms with van der Waals surface area (Å²) in [5.74, 6) is 0.105. The molecule has 0 fully saturated rings. The van der Waals surface area contributed by atoms with Gasteiger partial charge in [0, 0.05) is 6.04 Å². The standard InChI is InChI=1S/C10H14Cl2N4O/c1-5(2)16(4-8(13)17)10-7(12)3-6(11)9(14)15-10/h3,5H,4H2,1-2H3,(H2,13,17)(H2,14,15). The summed E-state index contributed by atoms with van der Waals surface area (Å²) in [5.41, 5.74) is 10.8. The third-order valence-electron chi connectivity index (χ3n) is 2.16. The van der Waals surface area contributed by atoms with E-state index >= 15 is 0 Å². The van der Waals surface area contributed by atoms with Crippen LogP contribution >= 0.6 is 23.2 Å². The lowest BCUT2D eigenvalue weighted by atomic mass is 10.3. The van der Waals surface area contributed by atoms with E-state index < -0.39 is 5.91 Å². The van der Waals surface area contributed by atoms with Gasteiger partial charge in [-0.05, 0) is 19.9 Å². The van der Waals surface area contributed by atoms with Gasteiger partial charge in [-0.3, -0.25) is 4.79 Å². The maximum atomic E-state index is 11.0. The molecule has 0 aliphatic rings. The van der Waals surface area contributed by atoms with Crippen molar-refractivity contribution in [3.05, 3.63) is 16.1 Å². The fraction of sp³-hybridized carbons (Fsp3) is 0.400. The molecule has 1 rings (SSSR count). The van der Waals surface area contributed by atoms with Crippen LogP contribution in [0.15, 0.2) is 6.07 Å². The van der Waals surface area contributed by atoms with E-state index in [1.54, 1.807) is 4.90 Å². The number of carbonyl (C=O) groups is 1. The predicted octanol–water partition coefficient (Wildman–Crippen LogP) is 1.67. The number of rotatable bonds is 4. The van der Waals surface area contributed by atoms with Crippen molar-refractivity contribution in [3.8, 4) is 0 Å². The number of pyridine rings is 1. The molecule has 0 saturated heterocycles. The van der Waals surface area contributed by atoms with E-state index in [1.807, 2.05) is 13.8 Å². The number of carbonyl (C=O) groups excluding carboxylic acids is 1. The Morgan fingerprint density at radius 1 is 1.47 bits per heavy atom. The molecule has 7 heteroatoms. The third kappa shape index (κ3) is 3.38. The van der Waals surface area contributed by atoms with E-state index in [-0.39, 0.29) is 23.4 Å². The number of nitrogens with two attached hydrogens (primary N) is 2. The summed E-state index contributed by atoms with van der Waals surface area (Å²) in [4.78, 5) is 16.7. The van der Waals surface area contributed by atoms with Crippen molar-refractivity contribution in [1.82, 2.24) is 4.98 Å². The molecule has 17 heavy (non-hydrogen) atoms. The maximum absolute atomic E-state index is 11.0. The summed E-state index contributed by atoms with van der Waals surface area (Å²) >= 11 is 11.8. The second-order valence-corrected chi connectivity index (χ2v) is 4.66. The summed E-state index contributed by atoms with van der Waals surface area (Å²) in [6.45, 7) is 3.81. The Morgan fingerprint density at radius 2 is 2.06 bits per heavy atom. The molecule has 0 spiro atoms. The van der Waals surface area contributed by atoms with Crippen molar-refractivity contribution in [1.29, 1.82) is 0 Å². The average Bonchev–Trinajstić information content (AvgIpc) is 2.20. The van der Waals surface area contributed by atoms with E-state index in [2.05, 4.69) is 4.98 Å². The highest BCUT2D eigenvalue weighted by Crippen LogP contribution is 2.30. The van der Waals surface area contributed by atoms with Crippen LogP contribution < -0.4 is 16.4 Å². The van der Waals surface area contributed by atoms with Crippen molar-refractivity contribution < 1.29 is 4.79 Å². The molecule has 0 unspecified atom stereocenters. The highest BCUT2D eigenvalue weighted by atomic mass is 35.5. The Hall–Kier alpha value is -1.20. The maximum Gasteiger partial charge on any atom is 0.237 e. The largest absolute Gasteiger partial charge is 0.382 e. The first-order chi connectivity index (χ1) is 7.82. The van der Waals surface area contributed by atoms with Crippen LogP contribution in [0.1, 0.15) is 13.8 Å². The van der Waals surface area contributed by atoms with Crippen molar-refractivity contribution >= 4 is 40.7 Å². The highest BCUT2D eigenvalue weighted by Gasteiger charge is 2.19. The predicted molar refractivity (Wildman–Crippen MR) is 70.3 cm³/mol. The molecule has 0 saturated carbocycles. The van der Waals surface area contributed by atoms with Gasteiger partial charge >= 0.3 is 0 Å². The van der Waals surface area contributed by atoms with Crippen molar-refractivity contribution in [2.45, 2.75) is 19.9 Å². The van der Waals surface area contributed by atoms with E-state index in [0.717, 1.165) is 0 Å². The number of halogens is 2. The van der Waals surface area contributed by atoms with Gasteiger partial charge in [0.15, 0.2) is 5.82 Å². The topological polar surface area (TPSA) is 85.2 Å². The zero-order chi connectivity index (χ0) is 13.2. The molecule has 0 atom stereocenters. The summed E-state index contributed by atoms with van der Waals surface area (Å²) in [5, 5.41) is 0.612. The van der Waals surface area contributed by atoms with Gasteiger partial charge in [0.1, 0.15) is 5.82 Å². The smallest absolute Gasteiger partial charge is 0.237 e. The van der Waals surface area contributed by atoms with Crippen LogP contribution in [0.25, 0.3) is 0 Å². The quantitative estimate of drug-likeness (QED) is 0.876. The zero-order valence-corrected chi connectivity index (χ0v) is 11.1. The summed E-state index contributed by atoms with van der Waals surface area (Å²) in [6.07, 6.45) is 0. The van der Waals surface area contributed by atoms with Crippen LogP contribution in [-0.4, -0.2) is 23.5 Å². The van der Waals surface area contributed by atoms with Crippen LogP contribution in [0.4, 0.5) is 11.6 Å². The molecule has 4 N–H and O–H groups in total. The number of nitrogens with zero attached hydrogens (tertiary/aromatic N) is 2. The van der Waals surface area contributed by atoms with Gasteiger partial charge in [-0.15, -0.1) is 0 Å². The number of aromatic nitrogens is 1. The molecule has 0 aliphatic heterocycles. The lowest BCUT2D eigenvalue weighted by molar-refractivity contribution is -0.116. The molecule has 0 aliphatic carbocycles. The molecular formula is C10H14Cl2N4O. The second-order valence-electron chi connectivity index (χ2n) is 3.85. The van der Waals surface area contributed by atoms with E-state index in [1.165, 1.54) is 6.07 Å².